The molecule has 0 aliphatic rings. The largest absolute Gasteiger partial charge is 0.122 e. The van der Waals surface area contributed by atoms with Crippen LogP contribution in [0.4, 0.5) is 0 Å². The lowest BCUT2D eigenvalue weighted by atomic mass is 10.1. The Labute approximate surface area is 84.6 Å². The highest BCUT2D eigenvalue weighted by Gasteiger charge is 1.90. The molecule has 0 saturated carbocycles. The lowest BCUT2D eigenvalue weighted by molar-refractivity contribution is 1.12. The second-order valence-corrected chi connectivity index (χ2v) is 3.14. The lowest BCUT2D eigenvalue weighted by Crippen LogP contribution is -1.76. The summed E-state index contributed by atoms with van der Waals surface area (Å²) in [4.78, 5) is 0. The van der Waals surface area contributed by atoms with Crippen LogP contribution in [-0.4, -0.2) is 5.88 Å². The molecule has 2 heteroatoms. The van der Waals surface area contributed by atoms with Crippen LogP contribution in [0.15, 0.2) is 35.4 Å². The first-order valence-electron chi connectivity index (χ1n) is 3.96. The molecule has 0 spiro atoms. The van der Waals surface area contributed by atoms with Crippen molar-refractivity contribution in [3.05, 3.63) is 35.4 Å². The van der Waals surface area contributed by atoms with Gasteiger partial charge >= 0.3 is 0 Å². The molecule has 0 N–H and O–H groups in total. The van der Waals surface area contributed by atoms with Gasteiger partial charge in [-0.05, 0) is 6.42 Å². The summed E-state index contributed by atoms with van der Waals surface area (Å²) in [5, 5.41) is 0.790. The molecule has 0 saturated heterocycles. The number of allylic oxidation sites excluding steroid dienone is 5. The summed E-state index contributed by atoms with van der Waals surface area (Å²) in [6, 6.07) is 0. The Bertz CT molecular complexity index is 190. The summed E-state index contributed by atoms with van der Waals surface area (Å²) in [6.07, 6.45) is 7.47. The van der Waals surface area contributed by atoms with E-state index in [0.29, 0.717) is 5.88 Å². The molecule has 0 unspecified atom stereocenters. The van der Waals surface area contributed by atoms with E-state index in [1.54, 1.807) is 6.08 Å². The molecule has 0 fully saturated rings. The fourth-order valence-corrected chi connectivity index (χ4v) is 1.19. The first-order valence-corrected chi connectivity index (χ1v) is 4.87. The third-order valence-electron chi connectivity index (χ3n) is 1.53. The van der Waals surface area contributed by atoms with Crippen molar-refractivity contribution in [1.82, 2.24) is 0 Å². The minimum atomic E-state index is 0.474. The highest BCUT2D eigenvalue weighted by molar-refractivity contribution is 6.30. The highest BCUT2D eigenvalue weighted by Crippen LogP contribution is 2.12. The van der Waals surface area contributed by atoms with Gasteiger partial charge in [-0.25, -0.2) is 0 Å². The molecule has 12 heavy (non-hydrogen) atoms. The van der Waals surface area contributed by atoms with Crippen molar-refractivity contribution in [2.24, 2.45) is 0 Å². The average molecular weight is 205 g/mol. The van der Waals surface area contributed by atoms with E-state index >= 15 is 0 Å². The van der Waals surface area contributed by atoms with Gasteiger partial charge in [-0.1, -0.05) is 48.9 Å². The van der Waals surface area contributed by atoms with Crippen molar-refractivity contribution in [3.8, 4) is 0 Å². The first-order chi connectivity index (χ1) is 5.74. The van der Waals surface area contributed by atoms with Crippen molar-refractivity contribution in [2.75, 3.05) is 5.88 Å². The summed E-state index contributed by atoms with van der Waals surface area (Å²) in [5.74, 6) is 0.474. The number of hydrogen-bond donors (Lipinski definition) is 0. The number of halogens is 2. The van der Waals surface area contributed by atoms with Gasteiger partial charge in [0, 0.05) is 17.3 Å². The third-order valence-corrected chi connectivity index (χ3v) is 1.99. The molecule has 0 amide bonds. The number of rotatable bonds is 5. The maximum Gasteiger partial charge on any atom is 0.0418 e. The summed E-state index contributed by atoms with van der Waals surface area (Å²) < 4.78 is 0. The standard InChI is InChI=1S/C10H14Cl2/c1-3-9(4-2)5-6-10(12)7-8-11/h3,5,7H,1,4,6,8H2,2H3/b9-5+,10-7+. The topological polar surface area (TPSA) is 0 Å². The van der Waals surface area contributed by atoms with Crippen LogP contribution in [0.25, 0.3) is 0 Å². The zero-order chi connectivity index (χ0) is 9.40. The van der Waals surface area contributed by atoms with Gasteiger partial charge in [0.25, 0.3) is 0 Å². The Morgan fingerprint density at radius 1 is 1.42 bits per heavy atom. The van der Waals surface area contributed by atoms with Crippen molar-refractivity contribution < 1.29 is 0 Å². The van der Waals surface area contributed by atoms with E-state index in [1.807, 2.05) is 6.08 Å². The van der Waals surface area contributed by atoms with Crippen molar-refractivity contribution >= 4 is 23.2 Å². The van der Waals surface area contributed by atoms with Gasteiger partial charge in [0.15, 0.2) is 0 Å². The first kappa shape index (κ1) is 11.8. The van der Waals surface area contributed by atoms with E-state index in [1.165, 1.54) is 5.57 Å². The fraction of sp³-hybridized carbons (Fsp3) is 0.400. The quantitative estimate of drug-likeness (QED) is 0.464. The van der Waals surface area contributed by atoms with E-state index < -0.39 is 0 Å². The molecular formula is C10H14Cl2. The van der Waals surface area contributed by atoms with Crippen LogP contribution in [0.1, 0.15) is 19.8 Å². The minimum Gasteiger partial charge on any atom is -0.122 e. The Morgan fingerprint density at radius 3 is 2.50 bits per heavy atom. The predicted octanol–water partition coefficient (Wildman–Crippen LogP) is 4.26. The Morgan fingerprint density at radius 2 is 2.08 bits per heavy atom. The molecule has 0 radical (unpaired) electrons. The summed E-state index contributed by atoms with van der Waals surface area (Å²) in [7, 11) is 0. The molecule has 0 heterocycles. The Hall–Kier alpha value is -0.200. The molecule has 0 aliphatic carbocycles. The molecule has 0 aromatic rings. The molecule has 0 aliphatic heterocycles. The molecule has 0 rings (SSSR count). The smallest absolute Gasteiger partial charge is 0.0418 e. The van der Waals surface area contributed by atoms with Crippen LogP contribution in [0.5, 0.6) is 0 Å². The maximum absolute atomic E-state index is 5.84. The van der Waals surface area contributed by atoms with E-state index in [2.05, 4.69) is 19.6 Å². The zero-order valence-corrected chi connectivity index (χ0v) is 8.83. The van der Waals surface area contributed by atoms with Crippen molar-refractivity contribution in [3.63, 3.8) is 0 Å². The molecule has 0 bridgehead atoms. The summed E-state index contributed by atoms with van der Waals surface area (Å²) in [6.45, 7) is 5.79. The van der Waals surface area contributed by atoms with Gasteiger partial charge in [0.2, 0.25) is 0 Å². The third kappa shape index (κ3) is 5.45. The monoisotopic (exact) mass is 204 g/mol. The van der Waals surface area contributed by atoms with Crippen molar-refractivity contribution in [2.45, 2.75) is 19.8 Å². The average Bonchev–Trinajstić information content (AvgIpc) is 2.07. The normalized spacial score (nSPS) is 13.2. The van der Waals surface area contributed by atoms with E-state index in [4.69, 9.17) is 23.2 Å². The zero-order valence-electron chi connectivity index (χ0n) is 7.32. The Kier molecular flexibility index (Phi) is 7.33. The fourth-order valence-electron chi connectivity index (χ4n) is 0.768. The van der Waals surface area contributed by atoms with Crippen LogP contribution in [-0.2, 0) is 0 Å². The van der Waals surface area contributed by atoms with Crippen molar-refractivity contribution in [1.29, 1.82) is 0 Å². The molecule has 0 atom stereocenters. The second-order valence-electron chi connectivity index (χ2n) is 2.35. The van der Waals surface area contributed by atoms with Gasteiger partial charge in [-0.3, -0.25) is 0 Å². The predicted molar refractivity (Wildman–Crippen MR) is 57.8 cm³/mol. The maximum atomic E-state index is 5.84. The van der Waals surface area contributed by atoms with Gasteiger partial charge < -0.3 is 0 Å². The van der Waals surface area contributed by atoms with E-state index in [9.17, 15) is 0 Å². The summed E-state index contributed by atoms with van der Waals surface area (Å²) in [5.41, 5.74) is 1.22. The molecule has 68 valence electrons. The minimum absolute atomic E-state index is 0.474. The molecular weight excluding hydrogens is 191 g/mol. The number of hydrogen-bond acceptors (Lipinski definition) is 0. The highest BCUT2D eigenvalue weighted by atomic mass is 35.5. The van der Waals surface area contributed by atoms with Gasteiger partial charge in [0.05, 0.1) is 0 Å². The summed E-state index contributed by atoms with van der Waals surface area (Å²) >= 11 is 11.3. The molecule has 0 aromatic carbocycles. The van der Waals surface area contributed by atoms with Crippen LogP contribution >= 0.6 is 23.2 Å². The van der Waals surface area contributed by atoms with Crippen LogP contribution in [0.2, 0.25) is 0 Å². The van der Waals surface area contributed by atoms with E-state index in [0.717, 1.165) is 17.9 Å². The van der Waals surface area contributed by atoms with Crippen LogP contribution in [0, 0.1) is 0 Å². The van der Waals surface area contributed by atoms with Gasteiger partial charge in [0.1, 0.15) is 0 Å². The molecule has 0 nitrogen and oxygen atoms in total. The van der Waals surface area contributed by atoms with Gasteiger partial charge in [-0.2, -0.15) is 0 Å². The van der Waals surface area contributed by atoms with Crippen LogP contribution in [0.3, 0.4) is 0 Å². The Balaban J connectivity index is 4.01. The van der Waals surface area contributed by atoms with E-state index in [-0.39, 0.29) is 0 Å². The SMILES string of the molecule is C=C/C(=C\C/C(Cl)=C\CCl)CC. The lowest BCUT2D eigenvalue weighted by Gasteiger charge is -1.96. The van der Waals surface area contributed by atoms with Gasteiger partial charge in [-0.15, -0.1) is 11.6 Å². The van der Waals surface area contributed by atoms with Crippen LogP contribution < -0.4 is 0 Å². The second kappa shape index (κ2) is 7.45. The number of alkyl halides is 1. The molecule has 0 aromatic heterocycles.